The average molecular weight is 492 g/mol. The van der Waals surface area contributed by atoms with Crippen molar-refractivity contribution < 1.29 is 18.3 Å². The largest absolute Gasteiger partial charge is 0.481 e. The van der Waals surface area contributed by atoms with Gasteiger partial charge in [0.2, 0.25) is 0 Å². The van der Waals surface area contributed by atoms with Crippen molar-refractivity contribution in [1.29, 1.82) is 0 Å². The minimum atomic E-state index is -3.65. The summed E-state index contributed by atoms with van der Waals surface area (Å²) in [6.45, 7) is 1.48. The van der Waals surface area contributed by atoms with E-state index in [1.165, 1.54) is 5.56 Å². The number of aliphatic imine (C=N–C) groups is 1. The van der Waals surface area contributed by atoms with Gasteiger partial charge in [0.1, 0.15) is 0 Å². The summed E-state index contributed by atoms with van der Waals surface area (Å²) in [5.74, 6) is -1.34. The monoisotopic (exact) mass is 491 g/mol. The first-order valence-corrected chi connectivity index (χ1v) is 13.2. The third-order valence-electron chi connectivity index (χ3n) is 6.19. The zero-order valence-corrected chi connectivity index (χ0v) is 20.2. The fourth-order valence-electron chi connectivity index (χ4n) is 4.33. The quantitative estimate of drug-likeness (QED) is 0.448. The van der Waals surface area contributed by atoms with Gasteiger partial charge in [0, 0.05) is 18.2 Å². The number of carboxylic acids is 1. The first-order chi connectivity index (χ1) is 16.8. The van der Waals surface area contributed by atoms with E-state index in [2.05, 4.69) is 17.1 Å². The Labute approximate surface area is 205 Å². The Morgan fingerprint density at radius 3 is 2.34 bits per heavy atom. The summed E-state index contributed by atoms with van der Waals surface area (Å²) in [6.07, 6.45) is 1.33. The Bertz CT molecular complexity index is 1310. The molecular formula is C27H29N3O4S. The Balaban J connectivity index is 1.42. The van der Waals surface area contributed by atoms with Gasteiger partial charge in [0.25, 0.3) is 0 Å². The van der Waals surface area contributed by atoms with Gasteiger partial charge in [-0.25, -0.2) is 8.42 Å². The van der Waals surface area contributed by atoms with Crippen LogP contribution in [0.3, 0.4) is 0 Å². The maximum absolute atomic E-state index is 13.1. The van der Waals surface area contributed by atoms with E-state index in [0.717, 1.165) is 30.6 Å². The highest BCUT2D eigenvalue weighted by molar-refractivity contribution is 7.91. The molecule has 7 nitrogen and oxygen atoms in total. The van der Waals surface area contributed by atoms with Crippen LogP contribution in [0.4, 0.5) is 5.69 Å². The van der Waals surface area contributed by atoms with Crippen LogP contribution in [0.2, 0.25) is 0 Å². The number of rotatable bonds is 10. The van der Waals surface area contributed by atoms with Gasteiger partial charge in [-0.1, -0.05) is 54.6 Å². The average Bonchev–Trinajstić information content (AvgIpc) is 3.29. The van der Waals surface area contributed by atoms with Crippen LogP contribution in [0.5, 0.6) is 0 Å². The van der Waals surface area contributed by atoms with Crippen LogP contribution in [-0.2, 0) is 27.5 Å². The maximum atomic E-state index is 13.1. The molecule has 1 heterocycles. The third kappa shape index (κ3) is 6.27. The number of guanidine groups is 1. The minimum Gasteiger partial charge on any atom is -0.481 e. The molecule has 1 aliphatic rings. The first-order valence-electron chi connectivity index (χ1n) is 11.6. The van der Waals surface area contributed by atoms with Gasteiger partial charge >= 0.3 is 5.97 Å². The number of nitrogens with zero attached hydrogens (tertiary/aromatic N) is 2. The predicted molar refractivity (Wildman–Crippen MR) is 138 cm³/mol. The molecule has 4 rings (SSSR count). The molecule has 1 aliphatic heterocycles. The van der Waals surface area contributed by atoms with E-state index in [0.29, 0.717) is 18.1 Å². The summed E-state index contributed by atoms with van der Waals surface area (Å²) < 4.78 is 26.1. The van der Waals surface area contributed by atoms with E-state index in [9.17, 15) is 18.3 Å². The molecule has 0 unspecified atom stereocenters. The number of nitrogens with two attached hydrogens (primary N) is 1. The van der Waals surface area contributed by atoms with Crippen LogP contribution in [0.1, 0.15) is 29.0 Å². The molecule has 182 valence electrons. The lowest BCUT2D eigenvalue weighted by molar-refractivity contribution is -0.137. The third-order valence-corrected chi connectivity index (χ3v) is 8.03. The number of anilines is 1. The molecular weight excluding hydrogens is 462 g/mol. The molecule has 0 spiro atoms. The molecule has 0 fully saturated rings. The normalized spacial score (nSPS) is 14.5. The lowest BCUT2D eigenvalue weighted by atomic mass is 9.98. The number of hydrogen-bond donors (Lipinski definition) is 2. The molecule has 0 radical (unpaired) electrons. The van der Waals surface area contributed by atoms with Crippen molar-refractivity contribution >= 4 is 27.5 Å². The van der Waals surface area contributed by atoms with Gasteiger partial charge in [-0.05, 0) is 53.8 Å². The molecule has 3 aromatic rings. The summed E-state index contributed by atoms with van der Waals surface area (Å²) in [5, 5.41) is 9.28. The molecule has 0 aromatic heterocycles. The van der Waals surface area contributed by atoms with Crippen molar-refractivity contribution in [3.05, 3.63) is 95.6 Å². The lowest BCUT2D eigenvalue weighted by Crippen LogP contribution is -2.33. The fraction of sp³-hybridized carbons (Fsp3) is 0.259. The standard InChI is InChI=1S/C27H29N3O4S/c28-27-29-15-16-30(27)24-8-4-5-21(17-24)10-9-20-11-13-25(14-12-20)35(33,34)19-23(18-26(31)32)22-6-2-1-3-7-22/h1-8,11-14,17,23H,9-10,15-16,18-19H2,(H2,28,29)(H,31,32)/t23-/m0/s1. The number of aliphatic carboxylic acids is 1. The first kappa shape index (κ1) is 24.5. The molecule has 0 bridgehead atoms. The lowest BCUT2D eigenvalue weighted by Gasteiger charge is -2.18. The van der Waals surface area contributed by atoms with Crippen molar-refractivity contribution in [1.82, 2.24) is 0 Å². The fourth-order valence-corrected chi connectivity index (χ4v) is 5.91. The highest BCUT2D eigenvalue weighted by Crippen LogP contribution is 2.26. The summed E-state index contributed by atoms with van der Waals surface area (Å²) >= 11 is 0. The van der Waals surface area contributed by atoms with Gasteiger partial charge in [-0.15, -0.1) is 0 Å². The number of carbonyl (C=O) groups is 1. The molecule has 0 amide bonds. The smallest absolute Gasteiger partial charge is 0.303 e. The van der Waals surface area contributed by atoms with Crippen LogP contribution >= 0.6 is 0 Å². The van der Waals surface area contributed by atoms with Gasteiger partial charge in [-0.2, -0.15) is 0 Å². The van der Waals surface area contributed by atoms with Gasteiger partial charge in [0.05, 0.1) is 23.6 Å². The van der Waals surface area contributed by atoms with E-state index < -0.39 is 21.7 Å². The van der Waals surface area contributed by atoms with E-state index in [1.54, 1.807) is 36.4 Å². The second-order valence-electron chi connectivity index (χ2n) is 8.69. The molecule has 0 saturated carbocycles. The highest BCUT2D eigenvalue weighted by atomic mass is 32.2. The Hall–Kier alpha value is -3.65. The van der Waals surface area contributed by atoms with Crippen LogP contribution < -0.4 is 10.6 Å². The van der Waals surface area contributed by atoms with Gasteiger partial charge < -0.3 is 15.7 Å². The van der Waals surface area contributed by atoms with E-state index in [-0.39, 0.29) is 17.1 Å². The van der Waals surface area contributed by atoms with Crippen molar-refractivity contribution in [2.24, 2.45) is 10.7 Å². The number of aryl methyl sites for hydroxylation is 2. The van der Waals surface area contributed by atoms with Crippen molar-refractivity contribution in [3.8, 4) is 0 Å². The highest BCUT2D eigenvalue weighted by Gasteiger charge is 2.25. The topological polar surface area (TPSA) is 113 Å². The van der Waals surface area contributed by atoms with Crippen LogP contribution in [0.25, 0.3) is 0 Å². The molecule has 3 N–H and O–H groups in total. The predicted octanol–water partition coefficient (Wildman–Crippen LogP) is 3.64. The number of hydrogen-bond acceptors (Lipinski definition) is 6. The van der Waals surface area contributed by atoms with E-state index in [1.807, 2.05) is 35.2 Å². The summed E-state index contributed by atoms with van der Waals surface area (Å²) in [7, 11) is -3.65. The van der Waals surface area contributed by atoms with Crippen molar-refractivity contribution in [3.63, 3.8) is 0 Å². The number of benzene rings is 3. The van der Waals surface area contributed by atoms with Crippen molar-refractivity contribution in [2.45, 2.75) is 30.1 Å². The molecule has 0 saturated heterocycles. The number of carboxylic acid groups (broad SMARTS) is 1. The molecule has 0 aliphatic carbocycles. The molecule has 3 aromatic carbocycles. The minimum absolute atomic E-state index is 0.207. The Kier molecular flexibility index (Phi) is 7.51. The molecule has 8 heteroatoms. The Morgan fingerprint density at radius 1 is 0.971 bits per heavy atom. The second kappa shape index (κ2) is 10.7. The maximum Gasteiger partial charge on any atom is 0.303 e. The SMILES string of the molecule is NC1=NCCN1c1cccc(CCc2ccc(S(=O)(=O)C[C@H](CC(=O)O)c3ccccc3)cc2)c1. The van der Waals surface area contributed by atoms with E-state index in [4.69, 9.17) is 5.73 Å². The second-order valence-corrected chi connectivity index (χ2v) is 10.7. The Morgan fingerprint density at radius 2 is 1.69 bits per heavy atom. The van der Waals surface area contributed by atoms with E-state index >= 15 is 0 Å². The molecule has 35 heavy (non-hydrogen) atoms. The van der Waals surface area contributed by atoms with Gasteiger partial charge in [-0.3, -0.25) is 9.79 Å². The summed E-state index contributed by atoms with van der Waals surface area (Å²) in [5.41, 5.74) is 9.89. The summed E-state index contributed by atoms with van der Waals surface area (Å²) in [6, 6.07) is 24.0. The zero-order valence-electron chi connectivity index (χ0n) is 19.4. The summed E-state index contributed by atoms with van der Waals surface area (Å²) in [4.78, 5) is 17.8. The van der Waals surface area contributed by atoms with Crippen LogP contribution in [-0.4, -0.2) is 44.3 Å². The van der Waals surface area contributed by atoms with Crippen LogP contribution in [0, 0.1) is 0 Å². The van der Waals surface area contributed by atoms with Crippen LogP contribution in [0.15, 0.2) is 88.8 Å². The number of sulfone groups is 1. The molecule has 1 atom stereocenters. The van der Waals surface area contributed by atoms with Gasteiger partial charge in [0.15, 0.2) is 15.8 Å². The van der Waals surface area contributed by atoms with Crippen molar-refractivity contribution in [2.75, 3.05) is 23.7 Å². The zero-order chi connectivity index (χ0) is 24.8.